The van der Waals surface area contributed by atoms with Crippen molar-refractivity contribution in [3.8, 4) is 5.75 Å². The fraction of sp³-hybridized carbons (Fsp3) is 0.182. The van der Waals surface area contributed by atoms with Gasteiger partial charge in [0.2, 0.25) is 0 Å². The number of carbonyl (C=O) groups is 1. The van der Waals surface area contributed by atoms with Crippen molar-refractivity contribution in [1.82, 2.24) is 5.43 Å². The quantitative estimate of drug-likeness (QED) is 0.505. The molecule has 2 aromatic carbocycles. The van der Waals surface area contributed by atoms with Crippen LogP contribution in [0.15, 0.2) is 77.4 Å². The summed E-state index contributed by atoms with van der Waals surface area (Å²) in [5.74, 6) is 1.32. The van der Waals surface area contributed by atoms with E-state index in [1.165, 1.54) is 16.7 Å². The maximum Gasteiger partial charge on any atom is 0.271 e. The van der Waals surface area contributed by atoms with Crippen molar-refractivity contribution in [2.75, 3.05) is 7.11 Å². The summed E-state index contributed by atoms with van der Waals surface area (Å²) in [6.45, 7) is 0. The normalized spacial score (nSPS) is 20.8. The van der Waals surface area contributed by atoms with Crippen LogP contribution in [0.25, 0.3) is 5.57 Å². The van der Waals surface area contributed by atoms with Crippen LogP contribution < -0.4 is 10.2 Å². The van der Waals surface area contributed by atoms with E-state index < -0.39 is 0 Å². The summed E-state index contributed by atoms with van der Waals surface area (Å²) >= 11 is 0. The Morgan fingerprint density at radius 2 is 1.81 bits per heavy atom. The molecule has 0 heterocycles. The molecule has 4 nitrogen and oxygen atoms in total. The van der Waals surface area contributed by atoms with Gasteiger partial charge in [0.05, 0.1) is 13.3 Å². The zero-order valence-electron chi connectivity index (χ0n) is 14.6. The lowest BCUT2D eigenvalue weighted by molar-refractivity contribution is 0.0955. The second-order valence-corrected chi connectivity index (χ2v) is 6.50. The van der Waals surface area contributed by atoms with Crippen molar-refractivity contribution < 1.29 is 9.53 Å². The molecule has 0 saturated heterocycles. The Morgan fingerprint density at radius 3 is 2.54 bits per heavy atom. The molecule has 0 spiro atoms. The van der Waals surface area contributed by atoms with Crippen molar-refractivity contribution in [1.29, 1.82) is 0 Å². The van der Waals surface area contributed by atoms with Crippen molar-refractivity contribution in [2.45, 2.75) is 6.42 Å². The number of methoxy groups -OCH3 is 1. The van der Waals surface area contributed by atoms with Gasteiger partial charge in [-0.3, -0.25) is 4.79 Å². The van der Waals surface area contributed by atoms with Crippen LogP contribution in [0.5, 0.6) is 5.75 Å². The molecule has 0 fully saturated rings. The number of amides is 1. The topological polar surface area (TPSA) is 50.7 Å². The number of hydrogen-bond acceptors (Lipinski definition) is 3. The first-order valence-corrected chi connectivity index (χ1v) is 8.71. The molecule has 0 saturated carbocycles. The Morgan fingerprint density at radius 1 is 1.08 bits per heavy atom. The van der Waals surface area contributed by atoms with E-state index in [9.17, 15) is 4.79 Å². The number of hydrazone groups is 1. The number of allylic oxidation sites excluding steroid dienone is 4. The summed E-state index contributed by atoms with van der Waals surface area (Å²) in [6, 6.07) is 17.4. The Bertz CT molecular complexity index is 895. The highest BCUT2D eigenvalue weighted by Crippen LogP contribution is 2.47. The molecule has 2 aliphatic carbocycles. The van der Waals surface area contributed by atoms with Crippen LogP contribution >= 0.6 is 0 Å². The number of benzene rings is 2. The average Bonchev–Trinajstić information content (AvgIpc) is 3.30. The highest BCUT2D eigenvalue weighted by atomic mass is 16.5. The predicted octanol–water partition coefficient (Wildman–Crippen LogP) is 4.07. The van der Waals surface area contributed by atoms with Gasteiger partial charge in [0.25, 0.3) is 5.91 Å². The Kier molecular flexibility index (Phi) is 4.40. The molecule has 0 aromatic heterocycles. The number of nitrogens with one attached hydrogen (secondary N) is 1. The lowest BCUT2D eigenvalue weighted by Gasteiger charge is -2.13. The van der Waals surface area contributed by atoms with E-state index in [-0.39, 0.29) is 5.91 Å². The van der Waals surface area contributed by atoms with Crippen LogP contribution in [0.4, 0.5) is 0 Å². The molecule has 1 N–H and O–H groups in total. The first kappa shape index (κ1) is 16.3. The van der Waals surface area contributed by atoms with Gasteiger partial charge < -0.3 is 4.74 Å². The molecule has 2 unspecified atom stereocenters. The number of rotatable bonds is 5. The molecule has 4 rings (SSSR count). The molecule has 2 bridgehead atoms. The van der Waals surface area contributed by atoms with Gasteiger partial charge >= 0.3 is 0 Å². The molecular formula is C22H20N2O2. The average molecular weight is 344 g/mol. The van der Waals surface area contributed by atoms with E-state index in [2.05, 4.69) is 46.9 Å². The standard InChI is InChI=1S/C22H20N2O2/c1-26-19-11-9-16(10-12-19)22(25)24-23-14-20-17-7-8-18(13-17)21(20)15-5-3-2-4-6-15/h2-12,14,17-18H,13H2,1H3,(H,24,25)/b23-14+. The largest absolute Gasteiger partial charge is 0.497 e. The lowest BCUT2D eigenvalue weighted by Crippen LogP contribution is -2.18. The van der Waals surface area contributed by atoms with E-state index in [4.69, 9.17) is 4.74 Å². The SMILES string of the molecule is COc1ccc(C(=O)N/N=C/C2=C(c3ccccc3)C3C=CC2C3)cc1. The Hall–Kier alpha value is -3.14. The highest BCUT2D eigenvalue weighted by Gasteiger charge is 2.34. The van der Waals surface area contributed by atoms with Gasteiger partial charge in [-0.25, -0.2) is 5.43 Å². The summed E-state index contributed by atoms with van der Waals surface area (Å²) in [6.07, 6.45) is 7.42. The number of carbonyl (C=O) groups excluding carboxylic acids is 1. The van der Waals surface area contributed by atoms with E-state index in [0.29, 0.717) is 17.4 Å². The van der Waals surface area contributed by atoms with Crippen LogP contribution in [0, 0.1) is 11.8 Å². The van der Waals surface area contributed by atoms with Gasteiger partial charge in [-0.2, -0.15) is 5.10 Å². The van der Waals surface area contributed by atoms with Crippen molar-refractivity contribution in [3.63, 3.8) is 0 Å². The first-order valence-electron chi connectivity index (χ1n) is 8.71. The van der Waals surface area contributed by atoms with Crippen LogP contribution in [-0.4, -0.2) is 19.2 Å². The Labute approximate surface area is 152 Å². The molecule has 1 amide bonds. The lowest BCUT2D eigenvalue weighted by atomic mass is 9.92. The molecule has 2 aliphatic rings. The van der Waals surface area contributed by atoms with Gasteiger partial charge in [-0.1, -0.05) is 42.5 Å². The minimum atomic E-state index is -0.232. The molecule has 2 atom stereocenters. The second-order valence-electron chi connectivity index (χ2n) is 6.50. The number of hydrogen-bond donors (Lipinski definition) is 1. The zero-order chi connectivity index (χ0) is 17.9. The Balaban J connectivity index is 1.51. The third-order valence-electron chi connectivity index (χ3n) is 4.97. The van der Waals surface area contributed by atoms with E-state index in [1.807, 2.05) is 6.07 Å². The molecule has 4 heteroatoms. The van der Waals surface area contributed by atoms with Crippen LogP contribution in [0.1, 0.15) is 22.3 Å². The summed E-state index contributed by atoms with van der Waals surface area (Å²) in [5.41, 5.74) is 6.92. The first-order chi connectivity index (χ1) is 12.8. The maximum atomic E-state index is 12.2. The fourth-order valence-electron chi connectivity index (χ4n) is 3.69. The highest BCUT2D eigenvalue weighted by molar-refractivity contribution is 5.98. The van der Waals surface area contributed by atoms with Crippen molar-refractivity contribution in [2.24, 2.45) is 16.9 Å². The summed E-state index contributed by atoms with van der Waals surface area (Å²) in [5, 5.41) is 4.22. The zero-order valence-corrected chi connectivity index (χ0v) is 14.6. The number of ether oxygens (including phenoxy) is 1. The van der Waals surface area contributed by atoms with Gasteiger partial charge in [0, 0.05) is 17.4 Å². The predicted molar refractivity (Wildman–Crippen MR) is 103 cm³/mol. The fourth-order valence-corrected chi connectivity index (χ4v) is 3.69. The van der Waals surface area contributed by atoms with E-state index in [0.717, 1.165) is 12.2 Å². The van der Waals surface area contributed by atoms with Crippen LogP contribution in [-0.2, 0) is 0 Å². The molecule has 0 aliphatic heterocycles. The van der Waals surface area contributed by atoms with Crippen LogP contribution in [0.2, 0.25) is 0 Å². The van der Waals surface area contributed by atoms with Gasteiger partial charge in [0.15, 0.2) is 0 Å². The molecule has 2 aromatic rings. The van der Waals surface area contributed by atoms with Crippen molar-refractivity contribution >= 4 is 17.7 Å². The van der Waals surface area contributed by atoms with Crippen molar-refractivity contribution in [3.05, 3.63) is 83.4 Å². The minimum Gasteiger partial charge on any atom is -0.497 e. The van der Waals surface area contributed by atoms with E-state index in [1.54, 1.807) is 37.6 Å². The minimum absolute atomic E-state index is 0.232. The second kappa shape index (κ2) is 7.00. The van der Waals surface area contributed by atoms with E-state index >= 15 is 0 Å². The van der Waals surface area contributed by atoms with Gasteiger partial charge in [0.1, 0.15) is 5.75 Å². The van der Waals surface area contributed by atoms with Gasteiger partial charge in [-0.15, -0.1) is 0 Å². The summed E-state index contributed by atoms with van der Waals surface area (Å²) in [7, 11) is 1.60. The molecule has 26 heavy (non-hydrogen) atoms. The van der Waals surface area contributed by atoms with Gasteiger partial charge in [-0.05, 0) is 47.4 Å². The maximum absolute atomic E-state index is 12.2. The summed E-state index contributed by atoms with van der Waals surface area (Å²) < 4.78 is 5.11. The molecule has 0 radical (unpaired) electrons. The molecule has 130 valence electrons. The third kappa shape index (κ3) is 3.06. The molecular weight excluding hydrogens is 324 g/mol. The third-order valence-corrected chi connectivity index (χ3v) is 4.97. The van der Waals surface area contributed by atoms with Crippen LogP contribution in [0.3, 0.4) is 0 Å². The number of nitrogens with zero attached hydrogens (tertiary/aromatic N) is 1. The smallest absolute Gasteiger partial charge is 0.271 e. The number of fused-ring (bicyclic) bond motifs is 2. The summed E-state index contributed by atoms with van der Waals surface area (Å²) in [4.78, 5) is 12.2. The monoisotopic (exact) mass is 344 g/mol.